The maximum absolute atomic E-state index is 6.59. The van der Waals surface area contributed by atoms with E-state index in [2.05, 4.69) is 164 Å². The molecule has 0 amide bonds. The van der Waals surface area contributed by atoms with E-state index >= 15 is 0 Å². The lowest BCUT2D eigenvalue weighted by Crippen LogP contribution is -2.25. The molecule has 1 heterocycles. The second kappa shape index (κ2) is 9.70. The minimum Gasteiger partial charge on any atom is -0.455 e. The Labute approximate surface area is 262 Å². The minimum absolute atomic E-state index is 0.254. The van der Waals surface area contributed by atoms with Crippen molar-refractivity contribution >= 4 is 49.8 Å². The average Bonchev–Trinajstić information content (AvgIpc) is 3.47. The van der Waals surface area contributed by atoms with Gasteiger partial charge in [-0.15, -0.1) is 0 Å². The number of hydrogen-bond donors (Lipinski definition) is 0. The molecule has 0 aliphatic heterocycles. The Balaban J connectivity index is 1.40. The molecule has 0 atom stereocenters. The molecule has 0 radical (unpaired) electrons. The monoisotopic (exact) mass is 577 g/mol. The highest BCUT2D eigenvalue weighted by Gasteiger charge is 2.38. The molecule has 214 valence electrons. The largest absolute Gasteiger partial charge is 0.455 e. The molecule has 9 rings (SSSR count). The quantitative estimate of drug-likeness (QED) is 0.207. The van der Waals surface area contributed by atoms with Crippen LogP contribution in [0.3, 0.4) is 0 Å². The highest BCUT2D eigenvalue weighted by atomic mass is 16.3. The first-order chi connectivity index (χ1) is 22.1. The van der Waals surface area contributed by atoms with Gasteiger partial charge < -0.3 is 9.32 Å². The number of fused-ring (bicyclic) bond motifs is 5. The van der Waals surface area contributed by atoms with E-state index < -0.39 is 0 Å². The van der Waals surface area contributed by atoms with Crippen LogP contribution in [0.2, 0.25) is 0 Å². The fourth-order valence-electron chi connectivity index (χ4n) is 7.68. The fraction of sp³-hybridized carbons (Fsp3) is 0.0698. The maximum atomic E-state index is 6.59. The van der Waals surface area contributed by atoms with Crippen LogP contribution in [-0.2, 0) is 5.41 Å². The summed E-state index contributed by atoms with van der Waals surface area (Å²) in [4.78, 5) is 2.40. The molecule has 1 aliphatic rings. The molecule has 8 aromatic rings. The van der Waals surface area contributed by atoms with E-state index in [1.54, 1.807) is 0 Å². The van der Waals surface area contributed by atoms with Gasteiger partial charge in [0, 0.05) is 38.7 Å². The van der Waals surface area contributed by atoms with Crippen molar-refractivity contribution in [3.8, 4) is 22.3 Å². The van der Waals surface area contributed by atoms with Crippen LogP contribution in [0.1, 0.15) is 25.0 Å². The molecule has 0 spiro atoms. The van der Waals surface area contributed by atoms with Crippen molar-refractivity contribution in [3.63, 3.8) is 0 Å². The molecular formula is C43H31NO. The second-order valence-corrected chi connectivity index (χ2v) is 12.5. The van der Waals surface area contributed by atoms with Gasteiger partial charge in [-0.1, -0.05) is 129 Å². The van der Waals surface area contributed by atoms with E-state index in [0.29, 0.717) is 0 Å². The van der Waals surface area contributed by atoms with Crippen LogP contribution in [0.4, 0.5) is 17.1 Å². The normalized spacial score (nSPS) is 13.3. The van der Waals surface area contributed by atoms with E-state index in [1.165, 1.54) is 44.3 Å². The number of benzene rings is 7. The van der Waals surface area contributed by atoms with Gasteiger partial charge >= 0.3 is 0 Å². The summed E-state index contributed by atoms with van der Waals surface area (Å²) in [5.74, 6) is 0. The smallest absolute Gasteiger partial charge is 0.143 e. The third kappa shape index (κ3) is 3.76. The van der Waals surface area contributed by atoms with Crippen molar-refractivity contribution in [2.75, 3.05) is 4.90 Å². The Morgan fingerprint density at radius 3 is 1.91 bits per heavy atom. The lowest BCUT2D eigenvalue weighted by molar-refractivity contribution is 0.646. The molecule has 0 N–H and O–H groups in total. The first kappa shape index (κ1) is 25.9. The summed E-state index contributed by atoms with van der Waals surface area (Å²) in [5, 5.41) is 4.88. The van der Waals surface area contributed by atoms with Gasteiger partial charge in [0.15, 0.2) is 0 Å². The molecule has 1 aromatic heterocycles. The van der Waals surface area contributed by atoms with Crippen LogP contribution >= 0.6 is 0 Å². The van der Waals surface area contributed by atoms with Crippen molar-refractivity contribution in [2.45, 2.75) is 19.3 Å². The van der Waals surface area contributed by atoms with E-state index in [9.17, 15) is 0 Å². The van der Waals surface area contributed by atoms with Crippen LogP contribution in [0.25, 0.3) is 55.0 Å². The zero-order chi connectivity index (χ0) is 30.1. The number of furan rings is 1. The van der Waals surface area contributed by atoms with Gasteiger partial charge in [0.2, 0.25) is 0 Å². The van der Waals surface area contributed by atoms with Gasteiger partial charge in [0.25, 0.3) is 0 Å². The average molecular weight is 578 g/mol. The van der Waals surface area contributed by atoms with Crippen LogP contribution in [0.5, 0.6) is 0 Å². The molecule has 0 saturated carbocycles. The fourth-order valence-corrected chi connectivity index (χ4v) is 7.68. The van der Waals surface area contributed by atoms with Gasteiger partial charge in [-0.3, -0.25) is 0 Å². The number of para-hydroxylation sites is 4. The number of hydrogen-bond acceptors (Lipinski definition) is 2. The van der Waals surface area contributed by atoms with Crippen LogP contribution in [-0.4, -0.2) is 0 Å². The molecule has 7 aromatic carbocycles. The first-order valence-electron chi connectivity index (χ1n) is 15.6. The number of nitrogens with zero attached hydrogens (tertiary/aromatic N) is 1. The standard InChI is InChI=1S/C43H31NO/c1-43(2)36-24-11-14-28-26-27-37(44(29-15-5-3-6-16-29)30-17-7-4-8-18-30)40(39(28)36)35-23-12-20-32(41(35)43)34-22-13-21-33-31-19-9-10-25-38(31)45-42(33)34/h3-27H,1-2H3. The summed E-state index contributed by atoms with van der Waals surface area (Å²) >= 11 is 0. The van der Waals surface area contributed by atoms with Crippen molar-refractivity contribution < 1.29 is 4.42 Å². The van der Waals surface area contributed by atoms with E-state index in [4.69, 9.17) is 4.42 Å². The Hall–Kier alpha value is -5.60. The Bertz CT molecular complexity index is 2360. The Morgan fingerprint density at radius 1 is 0.511 bits per heavy atom. The minimum atomic E-state index is -0.254. The summed E-state index contributed by atoms with van der Waals surface area (Å²) in [5.41, 5.74) is 12.6. The second-order valence-electron chi connectivity index (χ2n) is 12.5. The van der Waals surface area contributed by atoms with Crippen LogP contribution < -0.4 is 4.90 Å². The molecule has 0 unspecified atom stereocenters. The van der Waals surface area contributed by atoms with Crippen molar-refractivity contribution in [1.82, 2.24) is 0 Å². The summed E-state index contributed by atoms with van der Waals surface area (Å²) in [6.45, 7) is 4.76. The highest BCUT2D eigenvalue weighted by Crippen LogP contribution is 2.56. The molecule has 0 saturated heterocycles. The molecule has 0 fully saturated rings. The van der Waals surface area contributed by atoms with Crippen LogP contribution in [0, 0.1) is 0 Å². The maximum Gasteiger partial charge on any atom is 0.143 e. The summed E-state index contributed by atoms with van der Waals surface area (Å²) in [6.07, 6.45) is 0. The highest BCUT2D eigenvalue weighted by molar-refractivity contribution is 6.13. The lowest BCUT2D eigenvalue weighted by Gasteiger charge is -2.39. The molecule has 0 bridgehead atoms. The van der Waals surface area contributed by atoms with Crippen molar-refractivity contribution in [2.24, 2.45) is 0 Å². The third-order valence-electron chi connectivity index (χ3n) is 9.62. The van der Waals surface area contributed by atoms with E-state index in [0.717, 1.165) is 38.9 Å². The lowest BCUT2D eigenvalue weighted by atomic mass is 9.66. The van der Waals surface area contributed by atoms with Crippen molar-refractivity contribution in [1.29, 1.82) is 0 Å². The molecule has 2 nitrogen and oxygen atoms in total. The predicted molar refractivity (Wildman–Crippen MR) is 189 cm³/mol. The summed E-state index contributed by atoms with van der Waals surface area (Å²) < 4.78 is 6.59. The van der Waals surface area contributed by atoms with Gasteiger partial charge in [-0.2, -0.15) is 0 Å². The van der Waals surface area contributed by atoms with Gasteiger partial charge in [0.05, 0.1) is 5.69 Å². The molecule has 2 heteroatoms. The predicted octanol–water partition coefficient (Wildman–Crippen LogP) is 12.2. The zero-order valence-electron chi connectivity index (χ0n) is 25.3. The van der Waals surface area contributed by atoms with Gasteiger partial charge in [-0.05, 0) is 69.4 Å². The zero-order valence-corrected chi connectivity index (χ0v) is 25.3. The van der Waals surface area contributed by atoms with Gasteiger partial charge in [-0.25, -0.2) is 0 Å². The SMILES string of the molecule is CC1(C)c2c(-c3cccc4c3oc3ccccc34)cccc2-c2c(N(c3ccccc3)c3ccccc3)ccc3cccc1c23. The van der Waals surface area contributed by atoms with E-state index in [1.807, 2.05) is 6.07 Å². The summed E-state index contributed by atoms with van der Waals surface area (Å²) in [6, 6.07) is 54.5. The topological polar surface area (TPSA) is 16.4 Å². The summed E-state index contributed by atoms with van der Waals surface area (Å²) in [7, 11) is 0. The first-order valence-corrected chi connectivity index (χ1v) is 15.6. The number of anilines is 3. The van der Waals surface area contributed by atoms with E-state index in [-0.39, 0.29) is 5.41 Å². The molecule has 1 aliphatic carbocycles. The van der Waals surface area contributed by atoms with Gasteiger partial charge in [0.1, 0.15) is 11.2 Å². The molecular weight excluding hydrogens is 546 g/mol. The Kier molecular flexibility index (Phi) is 5.58. The third-order valence-corrected chi connectivity index (χ3v) is 9.62. The number of rotatable bonds is 4. The Morgan fingerprint density at radius 2 is 1.13 bits per heavy atom. The van der Waals surface area contributed by atoms with Crippen molar-refractivity contribution in [3.05, 3.63) is 163 Å². The van der Waals surface area contributed by atoms with Crippen LogP contribution in [0.15, 0.2) is 156 Å². The molecule has 45 heavy (non-hydrogen) atoms.